The number of aliphatic imine (C=N–C) groups is 1. The van der Waals surface area contributed by atoms with Crippen LogP contribution < -0.4 is 11.1 Å². The molecule has 3 N–H and O–H groups in total. The molecule has 2 aromatic carbocycles. The van der Waals surface area contributed by atoms with E-state index in [4.69, 9.17) is 5.73 Å². The van der Waals surface area contributed by atoms with Crippen LogP contribution in [0, 0.1) is 27.4 Å². The predicted molar refractivity (Wildman–Crippen MR) is 151 cm³/mol. The summed E-state index contributed by atoms with van der Waals surface area (Å²) in [5.74, 6) is -2.50. The van der Waals surface area contributed by atoms with Gasteiger partial charge in [-0.25, -0.2) is 0 Å². The van der Waals surface area contributed by atoms with Crippen molar-refractivity contribution in [3.8, 4) is 6.07 Å². The molecule has 4 rings (SSSR count). The lowest BCUT2D eigenvalue weighted by molar-refractivity contribution is -0.384. The van der Waals surface area contributed by atoms with Crippen LogP contribution in [0.3, 0.4) is 0 Å². The Balaban J connectivity index is 1.39. The van der Waals surface area contributed by atoms with Crippen molar-refractivity contribution in [3.63, 3.8) is 0 Å². The number of allylic oxidation sites excluding steroid dienone is 1. The minimum atomic E-state index is -0.843. The van der Waals surface area contributed by atoms with Crippen LogP contribution in [0.5, 0.6) is 0 Å². The Morgan fingerprint density at radius 2 is 1.80 bits per heavy atom. The summed E-state index contributed by atoms with van der Waals surface area (Å²) >= 11 is 0. The number of carbonyl (C=O) groups excluding carboxylic acids is 2. The van der Waals surface area contributed by atoms with E-state index in [1.54, 1.807) is 26.0 Å². The average Bonchev–Trinajstić information content (AvgIpc) is 2.95. The molecule has 2 amide bonds. The molecular formula is C30H34N6O4. The Bertz CT molecular complexity index is 1370. The zero-order chi connectivity index (χ0) is 28.9. The van der Waals surface area contributed by atoms with E-state index in [-0.39, 0.29) is 11.6 Å². The van der Waals surface area contributed by atoms with Gasteiger partial charge in [0, 0.05) is 41.6 Å². The number of rotatable bonds is 9. The molecule has 0 spiro atoms. The maximum Gasteiger partial charge on any atom is 0.269 e. The summed E-state index contributed by atoms with van der Waals surface area (Å²) in [4.78, 5) is 43.3. The van der Waals surface area contributed by atoms with E-state index in [2.05, 4.69) is 21.3 Å². The standard InChI is InChI=1S/C30H34N6O4/c1-20-25(28(32)37)27(22-9-11-24(12-10-22)36(39)40)26(21(2)34-20)29(38)33-15-6-16-35-17-13-30(19-31,14-18-35)23-7-4-3-5-8-23/h3-5,7-12,25,27H,6,13-18H2,1-2H3,(H2,32,37)(H,33,38). The normalized spacial score (nSPS) is 20.8. The minimum Gasteiger partial charge on any atom is -0.369 e. The van der Waals surface area contributed by atoms with Crippen LogP contribution in [-0.4, -0.2) is 53.5 Å². The van der Waals surface area contributed by atoms with Gasteiger partial charge >= 0.3 is 0 Å². The fraction of sp³-hybridized carbons (Fsp3) is 0.400. The van der Waals surface area contributed by atoms with E-state index in [1.165, 1.54) is 12.1 Å². The maximum atomic E-state index is 13.4. The largest absolute Gasteiger partial charge is 0.369 e. The van der Waals surface area contributed by atoms with Gasteiger partial charge in [-0.15, -0.1) is 0 Å². The van der Waals surface area contributed by atoms with E-state index in [9.17, 15) is 25.0 Å². The Morgan fingerprint density at radius 3 is 2.38 bits per heavy atom. The number of nitro groups is 1. The molecule has 2 heterocycles. The highest BCUT2D eigenvalue weighted by molar-refractivity contribution is 6.08. The van der Waals surface area contributed by atoms with E-state index >= 15 is 0 Å². The molecule has 40 heavy (non-hydrogen) atoms. The second-order valence-electron chi connectivity index (χ2n) is 10.5. The summed E-state index contributed by atoms with van der Waals surface area (Å²) in [6.45, 7) is 6.22. The van der Waals surface area contributed by atoms with Crippen LogP contribution in [0.25, 0.3) is 0 Å². The number of nitrogens with zero attached hydrogens (tertiary/aromatic N) is 4. The number of nitrogens with two attached hydrogens (primary N) is 1. The van der Waals surface area contributed by atoms with Gasteiger partial charge in [0.2, 0.25) is 11.8 Å². The quantitative estimate of drug-likeness (QED) is 0.280. The zero-order valence-corrected chi connectivity index (χ0v) is 22.8. The summed E-state index contributed by atoms with van der Waals surface area (Å²) in [5.41, 5.74) is 8.16. The summed E-state index contributed by atoms with van der Waals surface area (Å²) < 4.78 is 0. The number of nitrogens with one attached hydrogen (secondary N) is 1. The third-order valence-corrected chi connectivity index (χ3v) is 8.03. The predicted octanol–water partition coefficient (Wildman–Crippen LogP) is 3.59. The first-order valence-electron chi connectivity index (χ1n) is 13.4. The molecule has 208 valence electrons. The van der Waals surface area contributed by atoms with Gasteiger partial charge in [0.1, 0.15) is 0 Å². The van der Waals surface area contributed by atoms with Gasteiger partial charge in [0.05, 0.1) is 22.3 Å². The van der Waals surface area contributed by atoms with Crippen LogP contribution in [-0.2, 0) is 15.0 Å². The number of piperidine rings is 1. The first-order chi connectivity index (χ1) is 19.2. The number of benzene rings is 2. The number of non-ortho nitro benzene ring substituents is 1. The van der Waals surface area contributed by atoms with Gasteiger partial charge in [0.25, 0.3) is 5.69 Å². The van der Waals surface area contributed by atoms with Crippen molar-refractivity contribution >= 4 is 23.2 Å². The molecule has 10 nitrogen and oxygen atoms in total. The third kappa shape index (κ3) is 5.95. The van der Waals surface area contributed by atoms with Crippen molar-refractivity contribution in [2.45, 2.75) is 44.4 Å². The Morgan fingerprint density at radius 1 is 1.15 bits per heavy atom. The highest BCUT2D eigenvalue weighted by Crippen LogP contribution is 2.39. The molecule has 1 fully saturated rings. The topological polar surface area (TPSA) is 155 Å². The maximum absolute atomic E-state index is 13.4. The number of amides is 2. The van der Waals surface area contributed by atoms with E-state index in [0.717, 1.165) is 38.0 Å². The van der Waals surface area contributed by atoms with Crippen molar-refractivity contribution in [1.82, 2.24) is 10.2 Å². The van der Waals surface area contributed by atoms with Crippen LogP contribution in [0.1, 0.15) is 50.2 Å². The summed E-state index contributed by atoms with van der Waals surface area (Å²) in [5, 5.41) is 24.0. The molecule has 2 unspecified atom stereocenters. The number of nitro benzene ring substituents is 1. The summed E-state index contributed by atoms with van der Waals surface area (Å²) in [6.07, 6.45) is 2.23. The van der Waals surface area contributed by atoms with Crippen molar-refractivity contribution < 1.29 is 14.5 Å². The van der Waals surface area contributed by atoms with E-state index in [0.29, 0.717) is 35.5 Å². The molecular weight excluding hydrogens is 508 g/mol. The zero-order valence-electron chi connectivity index (χ0n) is 22.8. The number of primary amides is 1. The minimum absolute atomic E-state index is 0.0826. The Labute approximate surface area is 233 Å². The Hall–Kier alpha value is -4.36. The molecule has 2 aliphatic heterocycles. The van der Waals surface area contributed by atoms with Crippen LogP contribution in [0.4, 0.5) is 5.69 Å². The fourth-order valence-electron chi connectivity index (χ4n) is 5.85. The van der Waals surface area contributed by atoms with E-state index < -0.39 is 28.1 Å². The molecule has 10 heteroatoms. The van der Waals surface area contributed by atoms with Crippen molar-refractivity contribution in [2.75, 3.05) is 26.2 Å². The smallest absolute Gasteiger partial charge is 0.269 e. The van der Waals surface area contributed by atoms with Gasteiger partial charge in [-0.05, 0) is 63.9 Å². The highest BCUT2D eigenvalue weighted by Gasteiger charge is 2.40. The fourth-order valence-corrected chi connectivity index (χ4v) is 5.85. The SMILES string of the molecule is CC1=NC(C)=C(C(=O)NCCCN2CCC(C#N)(c3ccccc3)CC2)C(c2ccc([N+](=O)[O-])cc2)C1C(N)=O. The van der Waals surface area contributed by atoms with Crippen molar-refractivity contribution in [3.05, 3.63) is 87.1 Å². The molecule has 2 aliphatic rings. The number of carbonyl (C=O) groups is 2. The monoisotopic (exact) mass is 542 g/mol. The van der Waals surface area contributed by atoms with Crippen LogP contribution in [0.2, 0.25) is 0 Å². The van der Waals surface area contributed by atoms with Gasteiger partial charge in [0.15, 0.2) is 0 Å². The number of nitriles is 1. The number of hydrogen-bond acceptors (Lipinski definition) is 7. The lowest BCUT2D eigenvalue weighted by Gasteiger charge is -2.37. The molecule has 2 aromatic rings. The van der Waals surface area contributed by atoms with Crippen LogP contribution >= 0.6 is 0 Å². The van der Waals surface area contributed by atoms with Gasteiger partial charge in [-0.1, -0.05) is 42.5 Å². The Kier molecular flexibility index (Phi) is 8.75. The lowest BCUT2D eigenvalue weighted by Crippen LogP contribution is -2.43. The molecule has 0 saturated carbocycles. The average molecular weight is 543 g/mol. The molecule has 1 saturated heterocycles. The van der Waals surface area contributed by atoms with Gasteiger partial charge in [-0.2, -0.15) is 5.26 Å². The second kappa shape index (κ2) is 12.2. The van der Waals surface area contributed by atoms with Crippen molar-refractivity contribution in [2.24, 2.45) is 16.6 Å². The summed E-state index contributed by atoms with van der Waals surface area (Å²) in [7, 11) is 0. The van der Waals surface area contributed by atoms with Crippen molar-refractivity contribution in [1.29, 1.82) is 5.26 Å². The molecule has 0 aliphatic carbocycles. The number of likely N-dealkylation sites (tertiary alicyclic amines) is 1. The first-order valence-corrected chi connectivity index (χ1v) is 13.4. The first kappa shape index (κ1) is 28.6. The lowest BCUT2D eigenvalue weighted by atomic mass is 9.74. The van der Waals surface area contributed by atoms with E-state index in [1.807, 2.05) is 30.3 Å². The molecule has 0 aromatic heterocycles. The number of hydrogen-bond donors (Lipinski definition) is 2. The molecule has 2 atom stereocenters. The van der Waals surface area contributed by atoms with Crippen LogP contribution in [0.15, 0.2) is 70.9 Å². The summed E-state index contributed by atoms with van der Waals surface area (Å²) in [6, 6.07) is 18.3. The van der Waals surface area contributed by atoms with Gasteiger partial charge in [-0.3, -0.25) is 24.7 Å². The molecule has 0 radical (unpaired) electrons. The highest BCUT2D eigenvalue weighted by atomic mass is 16.6. The second-order valence-corrected chi connectivity index (χ2v) is 10.5. The third-order valence-electron chi connectivity index (χ3n) is 8.03. The van der Waals surface area contributed by atoms with Gasteiger partial charge < -0.3 is 16.0 Å². The molecule has 0 bridgehead atoms.